The third-order valence-electron chi connectivity index (χ3n) is 3.38. The van der Waals surface area contributed by atoms with Gasteiger partial charge in [0.25, 0.3) is 11.6 Å². The number of carbonyl (C=O) groups excluding carboxylic acids is 2. The zero-order chi connectivity index (χ0) is 17.2. The normalized spacial score (nSPS) is 10.2. The van der Waals surface area contributed by atoms with E-state index < -0.39 is 16.8 Å². The second-order valence-electron chi connectivity index (χ2n) is 5.19. The van der Waals surface area contributed by atoms with Crippen molar-refractivity contribution >= 4 is 17.6 Å². The van der Waals surface area contributed by atoms with Gasteiger partial charge in [-0.2, -0.15) is 0 Å². The van der Waals surface area contributed by atoms with Gasteiger partial charge in [0.15, 0.2) is 0 Å². The highest BCUT2D eigenvalue weighted by molar-refractivity contribution is 5.98. The molecule has 1 rings (SSSR count). The number of nitrogens with one attached hydrogen (secondary N) is 1. The van der Waals surface area contributed by atoms with Crippen LogP contribution in [0.4, 0.5) is 5.69 Å². The molecule has 1 amide bonds. The van der Waals surface area contributed by atoms with Gasteiger partial charge in [-0.05, 0) is 12.5 Å². The standard InChI is InChI=1S/C16H22N2O5/c1-3-4-5-6-7-8-17-15(19)12-9-13(16(20)23-2)11-14(10-12)18(21)22/h9-11H,3-8H2,1-2H3,(H,17,19). The molecule has 1 N–H and O–H groups in total. The summed E-state index contributed by atoms with van der Waals surface area (Å²) >= 11 is 0. The summed E-state index contributed by atoms with van der Waals surface area (Å²) in [7, 11) is 1.18. The maximum atomic E-state index is 12.1. The van der Waals surface area contributed by atoms with Crippen LogP contribution in [0.1, 0.15) is 59.7 Å². The number of nitro groups is 1. The highest BCUT2D eigenvalue weighted by atomic mass is 16.6. The molecule has 0 aromatic heterocycles. The van der Waals surface area contributed by atoms with Crippen LogP contribution in [0.3, 0.4) is 0 Å². The lowest BCUT2D eigenvalue weighted by molar-refractivity contribution is -0.384. The molecule has 126 valence electrons. The van der Waals surface area contributed by atoms with Crippen LogP contribution in [0.2, 0.25) is 0 Å². The fourth-order valence-electron chi connectivity index (χ4n) is 2.12. The minimum Gasteiger partial charge on any atom is -0.465 e. The van der Waals surface area contributed by atoms with Crippen LogP contribution in [-0.4, -0.2) is 30.5 Å². The molecule has 0 saturated carbocycles. The van der Waals surface area contributed by atoms with Crippen molar-refractivity contribution in [2.75, 3.05) is 13.7 Å². The molecule has 0 bridgehead atoms. The predicted molar refractivity (Wildman–Crippen MR) is 85.5 cm³/mol. The summed E-state index contributed by atoms with van der Waals surface area (Å²) in [5, 5.41) is 13.6. The summed E-state index contributed by atoms with van der Waals surface area (Å²) in [5.41, 5.74) is -0.260. The van der Waals surface area contributed by atoms with Gasteiger partial charge in [-0.1, -0.05) is 32.6 Å². The van der Waals surface area contributed by atoms with Gasteiger partial charge in [0.2, 0.25) is 0 Å². The second-order valence-corrected chi connectivity index (χ2v) is 5.19. The molecule has 23 heavy (non-hydrogen) atoms. The van der Waals surface area contributed by atoms with Crippen molar-refractivity contribution in [3.8, 4) is 0 Å². The average molecular weight is 322 g/mol. The van der Waals surface area contributed by atoms with Crippen molar-refractivity contribution in [2.24, 2.45) is 0 Å². The van der Waals surface area contributed by atoms with Gasteiger partial charge in [-0.25, -0.2) is 4.79 Å². The third kappa shape index (κ3) is 6.06. The molecule has 0 spiro atoms. The maximum absolute atomic E-state index is 12.1. The van der Waals surface area contributed by atoms with Crippen molar-refractivity contribution in [3.05, 3.63) is 39.4 Å². The van der Waals surface area contributed by atoms with Crippen LogP contribution in [-0.2, 0) is 4.74 Å². The molecule has 0 saturated heterocycles. The number of nitrogens with zero attached hydrogens (tertiary/aromatic N) is 1. The Bertz CT molecular complexity index is 572. The van der Waals surface area contributed by atoms with E-state index in [1.807, 2.05) is 0 Å². The van der Waals surface area contributed by atoms with E-state index in [0.29, 0.717) is 6.54 Å². The molecule has 0 heterocycles. The number of hydrogen-bond donors (Lipinski definition) is 1. The van der Waals surface area contributed by atoms with Crippen molar-refractivity contribution in [3.63, 3.8) is 0 Å². The number of esters is 1. The quantitative estimate of drug-likeness (QED) is 0.326. The van der Waals surface area contributed by atoms with Crippen LogP contribution < -0.4 is 5.32 Å². The monoisotopic (exact) mass is 322 g/mol. The van der Waals surface area contributed by atoms with E-state index in [9.17, 15) is 19.7 Å². The summed E-state index contributed by atoms with van der Waals surface area (Å²) in [4.78, 5) is 33.9. The number of nitro benzene ring substituents is 1. The Morgan fingerprint density at radius 3 is 2.39 bits per heavy atom. The summed E-state index contributed by atoms with van der Waals surface area (Å²) in [6.45, 7) is 2.63. The number of carbonyl (C=O) groups is 2. The molecule has 0 aliphatic rings. The van der Waals surface area contributed by atoms with Crippen LogP contribution in [0.5, 0.6) is 0 Å². The maximum Gasteiger partial charge on any atom is 0.338 e. The Hall–Kier alpha value is -2.44. The van der Waals surface area contributed by atoms with E-state index in [0.717, 1.165) is 37.8 Å². The number of benzene rings is 1. The van der Waals surface area contributed by atoms with E-state index in [4.69, 9.17) is 0 Å². The van der Waals surface area contributed by atoms with Crippen molar-refractivity contribution in [2.45, 2.75) is 39.0 Å². The molecule has 7 nitrogen and oxygen atoms in total. The average Bonchev–Trinajstić information content (AvgIpc) is 2.56. The molecular weight excluding hydrogens is 300 g/mol. The fraction of sp³-hybridized carbons (Fsp3) is 0.500. The molecule has 0 radical (unpaired) electrons. The van der Waals surface area contributed by atoms with Gasteiger partial charge in [0, 0.05) is 24.2 Å². The molecule has 0 atom stereocenters. The molecule has 0 fully saturated rings. The van der Waals surface area contributed by atoms with Crippen LogP contribution in [0, 0.1) is 10.1 Å². The Kier molecular flexibility index (Phi) is 7.73. The van der Waals surface area contributed by atoms with E-state index in [1.54, 1.807) is 0 Å². The van der Waals surface area contributed by atoms with Crippen LogP contribution in [0.25, 0.3) is 0 Å². The van der Waals surface area contributed by atoms with Crippen LogP contribution in [0.15, 0.2) is 18.2 Å². The van der Waals surface area contributed by atoms with Gasteiger partial charge in [0.1, 0.15) is 0 Å². The number of rotatable bonds is 9. The first-order chi connectivity index (χ1) is 11.0. The zero-order valence-corrected chi connectivity index (χ0v) is 13.5. The fourth-order valence-corrected chi connectivity index (χ4v) is 2.12. The number of amides is 1. The smallest absolute Gasteiger partial charge is 0.338 e. The lowest BCUT2D eigenvalue weighted by atomic mass is 10.1. The molecule has 0 aliphatic carbocycles. The Labute approximate surface area is 135 Å². The highest BCUT2D eigenvalue weighted by Gasteiger charge is 2.18. The number of unbranched alkanes of at least 4 members (excludes halogenated alkanes) is 4. The number of ether oxygens (including phenoxy) is 1. The SMILES string of the molecule is CCCCCCCNC(=O)c1cc(C(=O)OC)cc([N+](=O)[O-])c1. The van der Waals surface area contributed by atoms with Crippen molar-refractivity contribution < 1.29 is 19.2 Å². The minimum absolute atomic E-state index is 0.0187. The topological polar surface area (TPSA) is 98.5 Å². The van der Waals surface area contributed by atoms with Gasteiger partial charge in [-0.15, -0.1) is 0 Å². The van der Waals surface area contributed by atoms with Gasteiger partial charge < -0.3 is 10.1 Å². The van der Waals surface area contributed by atoms with Gasteiger partial charge in [0.05, 0.1) is 17.6 Å². The first kappa shape index (κ1) is 18.6. The number of methoxy groups -OCH3 is 1. The summed E-state index contributed by atoms with van der Waals surface area (Å²) in [6.07, 6.45) is 5.31. The number of hydrogen-bond acceptors (Lipinski definition) is 5. The highest BCUT2D eigenvalue weighted by Crippen LogP contribution is 2.18. The van der Waals surface area contributed by atoms with Crippen molar-refractivity contribution in [1.82, 2.24) is 5.32 Å². The number of non-ortho nitro benzene ring substituents is 1. The predicted octanol–water partition coefficient (Wildman–Crippen LogP) is 3.08. The van der Waals surface area contributed by atoms with E-state index in [1.165, 1.54) is 19.6 Å². The molecule has 0 unspecified atom stereocenters. The molecule has 1 aromatic rings. The third-order valence-corrected chi connectivity index (χ3v) is 3.38. The Morgan fingerprint density at radius 2 is 1.78 bits per heavy atom. The van der Waals surface area contributed by atoms with Gasteiger partial charge >= 0.3 is 5.97 Å². The summed E-state index contributed by atoms with van der Waals surface area (Å²) < 4.78 is 4.55. The van der Waals surface area contributed by atoms with E-state index >= 15 is 0 Å². The minimum atomic E-state index is -0.720. The second kappa shape index (κ2) is 9.55. The molecular formula is C16H22N2O5. The van der Waals surface area contributed by atoms with Crippen LogP contribution >= 0.6 is 0 Å². The summed E-state index contributed by atoms with van der Waals surface area (Å²) in [6, 6.07) is 3.54. The molecule has 1 aromatic carbocycles. The van der Waals surface area contributed by atoms with E-state index in [2.05, 4.69) is 17.0 Å². The van der Waals surface area contributed by atoms with Gasteiger partial charge in [-0.3, -0.25) is 14.9 Å². The largest absolute Gasteiger partial charge is 0.465 e. The zero-order valence-electron chi connectivity index (χ0n) is 13.5. The lowest BCUT2D eigenvalue weighted by Crippen LogP contribution is -2.24. The molecule has 0 aliphatic heterocycles. The Balaban J connectivity index is 2.73. The first-order valence-electron chi connectivity index (χ1n) is 7.65. The molecule has 7 heteroatoms. The Morgan fingerprint density at radius 1 is 1.13 bits per heavy atom. The van der Waals surface area contributed by atoms with E-state index in [-0.39, 0.29) is 16.8 Å². The lowest BCUT2D eigenvalue weighted by Gasteiger charge is -2.07. The summed E-state index contributed by atoms with van der Waals surface area (Å²) in [5.74, 6) is -1.16. The van der Waals surface area contributed by atoms with Crippen molar-refractivity contribution in [1.29, 1.82) is 0 Å². The first-order valence-corrected chi connectivity index (χ1v) is 7.65.